The number of hydrogen-bond acceptors (Lipinski definition) is 11. The van der Waals surface area contributed by atoms with E-state index in [0.717, 1.165) is 0 Å². The lowest BCUT2D eigenvalue weighted by Gasteiger charge is -2.17. The van der Waals surface area contributed by atoms with Crippen molar-refractivity contribution in [3.8, 4) is 45.7 Å². The Morgan fingerprint density at radius 1 is 0.786 bits per heavy atom. The Kier molecular flexibility index (Phi) is 10.2. The zero-order chi connectivity index (χ0) is 40.0. The summed E-state index contributed by atoms with van der Waals surface area (Å²) in [6, 6.07) is 12.9. The summed E-state index contributed by atoms with van der Waals surface area (Å²) in [6.07, 6.45) is 0. The zero-order valence-corrected chi connectivity index (χ0v) is 32.0. The highest BCUT2D eigenvalue weighted by atomic mass is 35.5. The first-order chi connectivity index (χ1) is 26.9. The molecule has 0 aliphatic heterocycles. The van der Waals surface area contributed by atoms with Gasteiger partial charge in [-0.2, -0.15) is 5.21 Å². The van der Waals surface area contributed by atoms with Crippen LogP contribution in [0.4, 0.5) is 0 Å². The molecular formula is C34H26Cl4N14O4. The number of amidine groups is 1. The van der Waals surface area contributed by atoms with Crippen molar-refractivity contribution in [3.05, 3.63) is 85.3 Å². The number of H-pyrrole nitrogens is 1. The number of halogens is 4. The number of ether oxygens (including phenoxy) is 2. The number of nitrogens with one attached hydrogen (secondary N) is 2. The van der Waals surface area contributed by atoms with Crippen LogP contribution in [0.5, 0.6) is 11.5 Å². The van der Waals surface area contributed by atoms with Crippen molar-refractivity contribution in [3.63, 3.8) is 0 Å². The minimum absolute atomic E-state index is 0.00110. The fraction of sp³-hybridized carbons (Fsp3) is 0.118. The van der Waals surface area contributed by atoms with Crippen molar-refractivity contribution in [2.45, 2.75) is 13.1 Å². The lowest BCUT2D eigenvalue weighted by Crippen LogP contribution is -2.13. The molecule has 0 radical (unpaired) electrons. The van der Waals surface area contributed by atoms with Gasteiger partial charge in [-0.3, -0.25) is 15.0 Å². The summed E-state index contributed by atoms with van der Waals surface area (Å²) >= 11 is 26.4. The molecule has 0 saturated carbocycles. The molecule has 18 nitrogen and oxygen atoms in total. The van der Waals surface area contributed by atoms with E-state index in [2.05, 4.69) is 31.0 Å². The third-order valence-corrected chi connectivity index (χ3v) is 10.5. The number of fused-ring (bicyclic) bond motifs is 2. The van der Waals surface area contributed by atoms with Crippen LogP contribution in [0.2, 0.25) is 20.1 Å². The highest BCUT2D eigenvalue weighted by molar-refractivity contribution is 6.45. The highest BCUT2D eigenvalue weighted by Gasteiger charge is 2.28. The predicted molar refractivity (Wildman–Crippen MR) is 210 cm³/mol. The molecular weight excluding hydrogens is 810 g/mol. The van der Waals surface area contributed by atoms with Gasteiger partial charge < -0.3 is 35.9 Å². The lowest BCUT2D eigenvalue weighted by atomic mass is 10.1. The van der Waals surface area contributed by atoms with E-state index in [9.17, 15) is 9.59 Å². The molecule has 0 aliphatic rings. The molecule has 0 spiro atoms. The van der Waals surface area contributed by atoms with Crippen LogP contribution in [0.15, 0.2) is 58.9 Å². The smallest absolute Gasteiger partial charge is 0.252 e. The van der Waals surface area contributed by atoms with Gasteiger partial charge >= 0.3 is 0 Å². The number of amides is 2. The van der Waals surface area contributed by atoms with Crippen LogP contribution in [0.3, 0.4) is 0 Å². The van der Waals surface area contributed by atoms with Crippen molar-refractivity contribution in [2.24, 2.45) is 27.6 Å². The number of aromatic nitrogens is 8. The average Bonchev–Trinajstić information content (AvgIpc) is 3.93. The number of imidazole rings is 2. The number of benzene rings is 4. The van der Waals surface area contributed by atoms with Gasteiger partial charge in [0.25, 0.3) is 11.8 Å². The maximum Gasteiger partial charge on any atom is 0.252 e. The van der Waals surface area contributed by atoms with Gasteiger partial charge in [0.05, 0.1) is 67.6 Å². The number of nitrogens with two attached hydrogens (primary N) is 3. The van der Waals surface area contributed by atoms with Gasteiger partial charge in [-0.25, -0.2) is 9.97 Å². The lowest BCUT2D eigenvalue weighted by molar-refractivity contribution is 0.0989. The Morgan fingerprint density at radius 3 is 1.79 bits per heavy atom. The first-order valence-corrected chi connectivity index (χ1v) is 17.6. The van der Waals surface area contributed by atoms with E-state index in [1.165, 1.54) is 26.4 Å². The number of primary amides is 2. The normalized spacial score (nSPS) is 11.5. The van der Waals surface area contributed by atoms with Gasteiger partial charge in [-0.1, -0.05) is 51.6 Å². The molecule has 3 heterocycles. The molecule has 8 N–H and O–H groups in total. The van der Waals surface area contributed by atoms with Gasteiger partial charge in [-0.05, 0) is 53.7 Å². The summed E-state index contributed by atoms with van der Waals surface area (Å²) in [7, 11) is 2.79. The van der Waals surface area contributed by atoms with E-state index >= 15 is 0 Å². The second kappa shape index (κ2) is 15.1. The molecule has 0 unspecified atom stereocenters. The summed E-state index contributed by atoms with van der Waals surface area (Å²) in [4.78, 5) is 34.8. The number of tetrazole rings is 1. The SMILES string of the molecule is COc1c(C(N)=O)ccc2c1nc(-c1ccc(Cl)c(Cl)c1C(=N)/N=N\N)n2CCn1c(-c2ccc(Cl)c(Cl)c2-c2nn[nH]n2)nc2c(OC)c(C(N)=O)ccc21. The summed E-state index contributed by atoms with van der Waals surface area (Å²) in [5, 5.41) is 30.6. The molecule has 4 aromatic carbocycles. The Bertz CT molecular complexity index is 2780. The highest BCUT2D eigenvalue weighted by Crippen LogP contribution is 2.43. The fourth-order valence-electron chi connectivity index (χ4n) is 6.50. The second-order valence-electron chi connectivity index (χ2n) is 11.8. The molecule has 0 fully saturated rings. The molecule has 3 aromatic heterocycles. The Balaban J connectivity index is 1.51. The quantitative estimate of drug-likeness (QED) is 0.0329. The number of nitrogens with zero attached hydrogens (tertiary/aromatic N) is 9. The molecule has 2 amide bonds. The summed E-state index contributed by atoms with van der Waals surface area (Å²) in [5.74, 6) is 4.48. The van der Waals surface area contributed by atoms with E-state index in [1.807, 2.05) is 9.13 Å². The van der Waals surface area contributed by atoms with E-state index in [1.54, 1.807) is 36.4 Å². The number of carbonyl (C=O) groups excluding carboxylic acids is 2. The zero-order valence-electron chi connectivity index (χ0n) is 28.9. The topological polar surface area (TPSA) is 269 Å². The van der Waals surface area contributed by atoms with Crippen LogP contribution in [-0.4, -0.2) is 71.6 Å². The number of carbonyl (C=O) groups is 2. The van der Waals surface area contributed by atoms with Crippen LogP contribution in [0.1, 0.15) is 26.3 Å². The molecule has 7 rings (SSSR count). The summed E-state index contributed by atoms with van der Waals surface area (Å²) in [6.45, 7) is 0.277. The minimum Gasteiger partial charge on any atom is -0.494 e. The Hall–Kier alpha value is -6.34. The summed E-state index contributed by atoms with van der Waals surface area (Å²) in [5.41, 5.74) is 14.4. The average molecular weight is 836 g/mol. The molecule has 0 atom stereocenters. The first-order valence-electron chi connectivity index (χ1n) is 16.1. The van der Waals surface area contributed by atoms with Crippen molar-refractivity contribution in [1.82, 2.24) is 39.7 Å². The van der Waals surface area contributed by atoms with Gasteiger partial charge in [0.15, 0.2) is 17.3 Å². The van der Waals surface area contributed by atoms with Crippen molar-refractivity contribution < 1.29 is 19.1 Å². The maximum atomic E-state index is 12.5. The molecule has 56 heavy (non-hydrogen) atoms. The van der Waals surface area contributed by atoms with Crippen LogP contribution in [0, 0.1) is 5.41 Å². The molecule has 284 valence electrons. The van der Waals surface area contributed by atoms with Crippen LogP contribution in [0.25, 0.3) is 56.2 Å². The minimum atomic E-state index is -0.738. The number of methoxy groups -OCH3 is 2. The van der Waals surface area contributed by atoms with Gasteiger partial charge in [0, 0.05) is 24.2 Å². The number of hydrogen-bond donors (Lipinski definition) is 5. The fourth-order valence-corrected chi connectivity index (χ4v) is 7.32. The number of rotatable bonds is 11. The van der Waals surface area contributed by atoms with Gasteiger partial charge in [-0.15, -0.1) is 15.3 Å². The van der Waals surface area contributed by atoms with E-state index in [4.69, 9.17) is 88.6 Å². The third-order valence-electron chi connectivity index (χ3n) is 8.87. The van der Waals surface area contributed by atoms with E-state index in [-0.39, 0.29) is 78.5 Å². The van der Waals surface area contributed by atoms with Gasteiger partial charge in [0.2, 0.25) is 5.82 Å². The van der Waals surface area contributed by atoms with E-state index in [0.29, 0.717) is 39.1 Å². The molecule has 7 aromatic rings. The van der Waals surface area contributed by atoms with Crippen LogP contribution in [-0.2, 0) is 13.1 Å². The van der Waals surface area contributed by atoms with Gasteiger partial charge in [0.1, 0.15) is 22.7 Å². The number of aryl methyl sites for hydroxylation is 2. The Morgan fingerprint density at radius 2 is 1.30 bits per heavy atom. The van der Waals surface area contributed by atoms with Crippen molar-refractivity contribution >= 4 is 86.1 Å². The third kappa shape index (κ3) is 6.27. The van der Waals surface area contributed by atoms with Crippen LogP contribution >= 0.6 is 46.4 Å². The second-order valence-corrected chi connectivity index (χ2v) is 13.4. The van der Waals surface area contributed by atoms with Crippen LogP contribution < -0.4 is 26.8 Å². The molecule has 22 heteroatoms. The molecule has 0 saturated heterocycles. The monoisotopic (exact) mass is 834 g/mol. The maximum absolute atomic E-state index is 12.5. The van der Waals surface area contributed by atoms with E-state index < -0.39 is 17.6 Å². The molecule has 0 bridgehead atoms. The van der Waals surface area contributed by atoms with Crippen molar-refractivity contribution in [1.29, 1.82) is 5.41 Å². The first kappa shape index (κ1) is 38.0. The largest absolute Gasteiger partial charge is 0.494 e. The Labute approximate surface area is 335 Å². The molecule has 0 aliphatic carbocycles. The predicted octanol–water partition coefficient (Wildman–Crippen LogP) is 6.08. The number of aromatic amines is 1. The van der Waals surface area contributed by atoms with Crippen molar-refractivity contribution in [2.75, 3.05) is 14.2 Å². The standard InChI is InChI=1S/C34H26Cl4N14O4/c1-55-27-15(30(40)53)5-9-19-25(27)43-33(13-3-7-17(35)23(37)21(13)29(39)45-48-42)51(19)11-12-52-20-10-6-16(31(41)54)28(56-2)26(20)44-34(52)14-4-8-18(36)24(38)22(14)32-46-49-50-47-32/h3-10H,11-12H2,1-2H3,(H2,40,53)(H2,41,54)(H3,39,42,45)(H,46,47,49,50). The summed E-state index contributed by atoms with van der Waals surface area (Å²) < 4.78 is 15.0.